The molecule has 0 spiro atoms. The summed E-state index contributed by atoms with van der Waals surface area (Å²) >= 11 is 0. The molecule has 0 atom stereocenters. The fraction of sp³-hybridized carbons (Fsp3) is 0.450. The van der Waals surface area contributed by atoms with Crippen LogP contribution >= 0.6 is 0 Å². The van der Waals surface area contributed by atoms with E-state index in [4.69, 9.17) is 9.47 Å². The molecule has 1 fully saturated rings. The zero-order valence-corrected chi connectivity index (χ0v) is 15.9. The van der Waals surface area contributed by atoms with E-state index < -0.39 is 0 Å². The summed E-state index contributed by atoms with van der Waals surface area (Å²) in [6.45, 7) is 1.23. The molecule has 4 rings (SSSR count). The van der Waals surface area contributed by atoms with E-state index in [1.54, 1.807) is 24.2 Å². The van der Waals surface area contributed by atoms with Crippen molar-refractivity contribution >= 4 is 16.8 Å². The lowest BCUT2D eigenvalue weighted by molar-refractivity contribution is -0.00409. The molecule has 1 saturated carbocycles. The first-order valence-corrected chi connectivity index (χ1v) is 9.62. The number of nitrogens with one attached hydrogen (secondary N) is 2. The molecule has 1 aliphatic carbocycles. The SMILES string of the molecule is COCCOC1CCC(NC(=O)c2nc(-n3ccnc3)cc3cc[nH]c23)CC1. The number of hydrogen-bond donors (Lipinski definition) is 2. The lowest BCUT2D eigenvalue weighted by Gasteiger charge is -2.29. The smallest absolute Gasteiger partial charge is 0.272 e. The average molecular weight is 383 g/mol. The number of methoxy groups -OCH3 is 1. The highest BCUT2D eigenvalue weighted by atomic mass is 16.5. The van der Waals surface area contributed by atoms with E-state index in [1.165, 1.54) is 0 Å². The number of carbonyl (C=O) groups is 1. The maximum atomic E-state index is 13.0. The highest BCUT2D eigenvalue weighted by Gasteiger charge is 2.25. The van der Waals surface area contributed by atoms with Crippen molar-refractivity contribution in [2.45, 2.75) is 37.8 Å². The molecular formula is C20H25N5O3. The number of ether oxygens (including phenoxy) is 2. The molecule has 3 aromatic rings. The summed E-state index contributed by atoms with van der Waals surface area (Å²) in [6.07, 6.45) is 10.9. The van der Waals surface area contributed by atoms with Gasteiger partial charge in [0, 0.05) is 37.1 Å². The van der Waals surface area contributed by atoms with Crippen LogP contribution in [0.5, 0.6) is 0 Å². The first-order valence-electron chi connectivity index (χ1n) is 9.62. The Morgan fingerprint density at radius 2 is 2.18 bits per heavy atom. The molecule has 2 N–H and O–H groups in total. The predicted molar refractivity (Wildman–Crippen MR) is 105 cm³/mol. The molecule has 8 nitrogen and oxygen atoms in total. The van der Waals surface area contributed by atoms with Crippen molar-refractivity contribution in [3.05, 3.63) is 42.7 Å². The van der Waals surface area contributed by atoms with E-state index in [0.717, 1.165) is 36.6 Å². The quantitative estimate of drug-likeness (QED) is 0.611. The topological polar surface area (TPSA) is 94.1 Å². The number of H-pyrrole nitrogens is 1. The van der Waals surface area contributed by atoms with Gasteiger partial charge in [0.25, 0.3) is 5.91 Å². The third-order valence-electron chi connectivity index (χ3n) is 5.16. The number of amides is 1. The lowest BCUT2D eigenvalue weighted by Crippen LogP contribution is -2.39. The van der Waals surface area contributed by atoms with Gasteiger partial charge in [-0.15, -0.1) is 0 Å². The van der Waals surface area contributed by atoms with Gasteiger partial charge >= 0.3 is 0 Å². The number of carbonyl (C=O) groups excluding carboxylic acids is 1. The standard InChI is InChI=1S/C20H25N5O3/c1-27-10-11-28-16-4-2-15(3-5-16)23-20(26)19-18-14(6-7-22-18)12-17(24-19)25-9-8-21-13-25/h6-9,12-13,15-16,22H,2-5,10-11H2,1H3,(H,23,26). The van der Waals surface area contributed by atoms with Gasteiger partial charge < -0.3 is 19.8 Å². The number of rotatable bonds is 7. The Kier molecular flexibility index (Phi) is 5.68. The van der Waals surface area contributed by atoms with Gasteiger partial charge in [0.15, 0.2) is 5.69 Å². The Balaban J connectivity index is 1.44. The Labute approximate surface area is 163 Å². The van der Waals surface area contributed by atoms with E-state index in [9.17, 15) is 4.79 Å². The summed E-state index contributed by atoms with van der Waals surface area (Å²) in [5, 5.41) is 4.09. The molecule has 0 aromatic carbocycles. The number of aromatic nitrogens is 4. The van der Waals surface area contributed by atoms with Crippen LogP contribution in [0, 0.1) is 0 Å². The molecule has 3 aromatic heterocycles. The summed E-state index contributed by atoms with van der Waals surface area (Å²) in [4.78, 5) is 24.8. The van der Waals surface area contributed by atoms with Crippen LogP contribution in [0.4, 0.5) is 0 Å². The van der Waals surface area contributed by atoms with Gasteiger partial charge in [-0.1, -0.05) is 0 Å². The zero-order chi connectivity index (χ0) is 19.3. The molecule has 1 aliphatic rings. The molecule has 0 saturated heterocycles. The van der Waals surface area contributed by atoms with Crippen LogP contribution in [0.15, 0.2) is 37.1 Å². The minimum absolute atomic E-state index is 0.137. The van der Waals surface area contributed by atoms with Crippen LogP contribution in [0.25, 0.3) is 16.7 Å². The van der Waals surface area contributed by atoms with Crippen molar-refractivity contribution in [3.63, 3.8) is 0 Å². The second-order valence-electron chi connectivity index (χ2n) is 7.05. The molecule has 0 radical (unpaired) electrons. The third kappa shape index (κ3) is 4.07. The summed E-state index contributed by atoms with van der Waals surface area (Å²) in [6, 6.07) is 4.02. The van der Waals surface area contributed by atoms with Gasteiger partial charge in [-0.05, 0) is 37.8 Å². The average Bonchev–Trinajstić information content (AvgIpc) is 3.40. The Morgan fingerprint density at radius 1 is 1.32 bits per heavy atom. The highest BCUT2D eigenvalue weighted by molar-refractivity contribution is 6.04. The molecule has 0 bridgehead atoms. The number of hydrogen-bond acceptors (Lipinski definition) is 5. The van der Waals surface area contributed by atoms with Gasteiger partial charge in [-0.2, -0.15) is 0 Å². The number of imidazole rings is 1. The van der Waals surface area contributed by atoms with E-state index in [2.05, 4.69) is 20.3 Å². The lowest BCUT2D eigenvalue weighted by atomic mass is 9.93. The van der Waals surface area contributed by atoms with Gasteiger partial charge in [-0.25, -0.2) is 9.97 Å². The van der Waals surface area contributed by atoms with Crippen LogP contribution in [0.2, 0.25) is 0 Å². The summed E-state index contributed by atoms with van der Waals surface area (Å²) in [5.41, 5.74) is 1.16. The van der Waals surface area contributed by atoms with E-state index >= 15 is 0 Å². The van der Waals surface area contributed by atoms with E-state index in [0.29, 0.717) is 24.7 Å². The molecule has 3 heterocycles. The van der Waals surface area contributed by atoms with Crippen molar-refractivity contribution in [1.29, 1.82) is 0 Å². The first-order chi connectivity index (χ1) is 13.7. The molecule has 8 heteroatoms. The molecule has 1 amide bonds. The molecule has 148 valence electrons. The van der Waals surface area contributed by atoms with Crippen molar-refractivity contribution in [2.75, 3.05) is 20.3 Å². The monoisotopic (exact) mass is 383 g/mol. The van der Waals surface area contributed by atoms with Crippen LogP contribution in [-0.2, 0) is 9.47 Å². The van der Waals surface area contributed by atoms with Gasteiger partial charge in [0.05, 0.1) is 24.8 Å². The summed E-state index contributed by atoms with van der Waals surface area (Å²) in [7, 11) is 1.67. The predicted octanol–water partition coefficient (Wildman–Crippen LogP) is 2.45. The second kappa shape index (κ2) is 8.53. The maximum Gasteiger partial charge on any atom is 0.272 e. The number of nitrogens with zero attached hydrogens (tertiary/aromatic N) is 3. The summed E-state index contributed by atoms with van der Waals surface area (Å²) < 4.78 is 12.6. The highest BCUT2D eigenvalue weighted by Crippen LogP contribution is 2.23. The zero-order valence-electron chi connectivity index (χ0n) is 15.9. The molecule has 0 aliphatic heterocycles. The first kappa shape index (κ1) is 18.6. The van der Waals surface area contributed by atoms with Gasteiger partial charge in [-0.3, -0.25) is 9.36 Å². The van der Waals surface area contributed by atoms with E-state index in [1.807, 2.05) is 24.5 Å². The van der Waals surface area contributed by atoms with Crippen LogP contribution in [-0.4, -0.2) is 57.9 Å². The largest absolute Gasteiger partial charge is 0.382 e. The minimum Gasteiger partial charge on any atom is -0.382 e. The van der Waals surface area contributed by atoms with Crippen LogP contribution in [0.3, 0.4) is 0 Å². The Bertz CT molecular complexity index is 913. The number of pyridine rings is 1. The van der Waals surface area contributed by atoms with Gasteiger partial charge in [0.2, 0.25) is 0 Å². The third-order valence-corrected chi connectivity index (χ3v) is 5.16. The Hall–Kier alpha value is -2.71. The number of fused-ring (bicyclic) bond motifs is 1. The van der Waals surface area contributed by atoms with Crippen molar-refractivity contribution < 1.29 is 14.3 Å². The molecule has 0 unspecified atom stereocenters. The normalized spacial score (nSPS) is 19.8. The van der Waals surface area contributed by atoms with Crippen molar-refractivity contribution in [2.24, 2.45) is 0 Å². The van der Waals surface area contributed by atoms with Crippen molar-refractivity contribution in [1.82, 2.24) is 24.8 Å². The molecule has 28 heavy (non-hydrogen) atoms. The molecular weight excluding hydrogens is 358 g/mol. The van der Waals surface area contributed by atoms with Gasteiger partial charge in [0.1, 0.15) is 12.1 Å². The minimum atomic E-state index is -0.154. The van der Waals surface area contributed by atoms with E-state index in [-0.39, 0.29) is 18.1 Å². The van der Waals surface area contributed by atoms with Crippen molar-refractivity contribution in [3.8, 4) is 5.82 Å². The number of aromatic amines is 1. The Morgan fingerprint density at radius 3 is 2.93 bits per heavy atom. The fourth-order valence-corrected chi connectivity index (χ4v) is 3.67. The van der Waals surface area contributed by atoms with Crippen LogP contribution in [0.1, 0.15) is 36.2 Å². The summed E-state index contributed by atoms with van der Waals surface area (Å²) in [5.74, 6) is 0.517. The van der Waals surface area contributed by atoms with Crippen LogP contribution < -0.4 is 5.32 Å². The fourth-order valence-electron chi connectivity index (χ4n) is 3.67. The maximum absolute atomic E-state index is 13.0. The second-order valence-corrected chi connectivity index (χ2v) is 7.05.